The van der Waals surface area contributed by atoms with Crippen LogP contribution in [0.15, 0.2) is 17.0 Å². The summed E-state index contributed by atoms with van der Waals surface area (Å²) in [6, 6.07) is 1.07. The molecular weight excluding hydrogens is 327 g/mol. The van der Waals surface area contributed by atoms with E-state index < -0.39 is 42.0 Å². The number of rotatable bonds is 4. The Labute approximate surface area is 123 Å². The fraction of sp³-hybridized carbons (Fsp3) is 0.364. The second-order valence-corrected chi connectivity index (χ2v) is 7.34. The number of carbonyl (C=O) groups is 1. The molecule has 0 aliphatic heterocycles. The van der Waals surface area contributed by atoms with Gasteiger partial charge in [0, 0.05) is 28.7 Å². The van der Waals surface area contributed by atoms with Gasteiger partial charge in [-0.25, -0.2) is 12.8 Å². The van der Waals surface area contributed by atoms with Crippen molar-refractivity contribution in [1.29, 1.82) is 0 Å². The molecular formula is C11H10ClFN2O5S. The van der Waals surface area contributed by atoms with Crippen LogP contribution in [0.2, 0.25) is 0 Å². The number of anilines is 1. The van der Waals surface area contributed by atoms with E-state index in [0.29, 0.717) is 18.6 Å². The predicted octanol–water partition coefficient (Wildman–Crippen LogP) is 2.26. The molecule has 1 fully saturated rings. The van der Waals surface area contributed by atoms with E-state index in [1.165, 1.54) is 0 Å². The number of nitro benzene ring substituents is 1. The normalized spacial score (nSPS) is 20.9. The molecule has 21 heavy (non-hydrogen) atoms. The summed E-state index contributed by atoms with van der Waals surface area (Å²) in [5.74, 6) is -1.85. The number of nitrogens with zero attached hydrogens (tertiary/aromatic N) is 1. The molecule has 1 saturated carbocycles. The lowest BCUT2D eigenvalue weighted by Crippen LogP contribution is -2.16. The highest BCUT2D eigenvalue weighted by molar-refractivity contribution is 8.13. The van der Waals surface area contributed by atoms with Gasteiger partial charge in [-0.15, -0.1) is 0 Å². The molecule has 1 amide bonds. The summed E-state index contributed by atoms with van der Waals surface area (Å²) in [6.07, 6.45) is 0.649. The van der Waals surface area contributed by atoms with Gasteiger partial charge in [-0.1, -0.05) is 6.92 Å². The van der Waals surface area contributed by atoms with Crippen LogP contribution < -0.4 is 5.32 Å². The van der Waals surface area contributed by atoms with E-state index in [1.807, 2.05) is 6.92 Å². The number of hydrogen-bond acceptors (Lipinski definition) is 5. The van der Waals surface area contributed by atoms with Gasteiger partial charge < -0.3 is 5.32 Å². The Balaban J connectivity index is 2.43. The van der Waals surface area contributed by atoms with Gasteiger partial charge in [0.15, 0.2) is 0 Å². The molecule has 1 aromatic carbocycles. The van der Waals surface area contributed by atoms with Crippen molar-refractivity contribution in [3.63, 3.8) is 0 Å². The fourth-order valence-corrected chi connectivity index (χ4v) is 2.79. The van der Waals surface area contributed by atoms with E-state index in [-0.39, 0.29) is 11.8 Å². The van der Waals surface area contributed by atoms with Crippen LogP contribution in [0.4, 0.5) is 15.8 Å². The SMILES string of the molecule is CC1CC1C(=O)Nc1cc(F)c(S(=O)(=O)Cl)cc1[N+](=O)[O-]. The van der Waals surface area contributed by atoms with Gasteiger partial charge in [-0.3, -0.25) is 14.9 Å². The van der Waals surface area contributed by atoms with Crippen LogP contribution in [0.5, 0.6) is 0 Å². The topological polar surface area (TPSA) is 106 Å². The number of benzene rings is 1. The molecule has 1 aromatic rings. The van der Waals surface area contributed by atoms with Crippen LogP contribution in [-0.4, -0.2) is 19.2 Å². The van der Waals surface area contributed by atoms with Crippen molar-refractivity contribution in [2.24, 2.45) is 11.8 Å². The number of carbonyl (C=O) groups excluding carboxylic acids is 1. The van der Waals surface area contributed by atoms with E-state index in [2.05, 4.69) is 5.32 Å². The Bertz CT molecular complexity index is 736. The van der Waals surface area contributed by atoms with Gasteiger partial charge >= 0.3 is 0 Å². The van der Waals surface area contributed by atoms with E-state index in [4.69, 9.17) is 10.7 Å². The van der Waals surface area contributed by atoms with Crippen molar-refractivity contribution in [2.45, 2.75) is 18.2 Å². The number of amides is 1. The molecule has 2 unspecified atom stereocenters. The van der Waals surface area contributed by atoms with Crippen LogP contribution in [0, 0.1) is 27.8 Å². The van der Waals surface area contributed by atoms with Crippen molar-refractivity contribution < 1.29 is 22.5 Å². The molecule has 1 aliphatic carbocycles. The minimum Gasteiger partial charge on any atom is -0.320 e. The molecule has 7 nitrogen and oxygen atoms in total. The number of nitrogens with one attached hydrogen (secondary N) is 1. The standard InChI is InChI=1S/C11H10ClFN2O5S/c1-5-2-6(5)11(16)14-8-3-7(13)10(21(12,19)20)4-9(8)15(17)18/h3-6H,2H2,1H3,(H,14,16). The second-order valence-electron chi connectivity index (χ2n) is 4.80. The summed E-state index contributed by atoms with van der Waals surface area (Å²) in [4.78, 5) is 20.8. The highest BCUT2D eigenvalue weighted by Crippen LogP contribution is 2.39. The quantitative estimate of drug-likeness (QED) is 0.515. The molecule has 1 N–H and O–H groups in total. The zero-order valence-electron chi connectivity index (χ0n) is 10.7. The zero-order valence-corrected chi connectivity index (χ0v) is 12.2. The van der Waals surface area contributed by atoms with Crippen molar-refractivity contribution in [2.75, 3.05) is 5.32 Å². The van der Waals surface area contributed by atoms with E-state index in [0.717, 1.165) is 0 Å². The molecule has 0 aromatic heterocycles. The number of hydrogen-bond donors (Lipinski definition) is 1. The Hall–Kier alpha value is -1.74. The van der Waals surface area contributed by atoms with E-state index in [9.17, 15) is 27.7 Å². The molecule has 0 heterocycles. The Morgan fingerprint density at radius 2 is 2.10 bits per heavy atom. The van der Waals surface area contributed by atoms with Crippen LogP contribution in [-0.2, 0) is 13.8 Å². The van der Waals surface area contributed by atoms with E-state index >= 15 is 0 Å². The van der Waals surface area contributed by atoms with E-state index in [1.54, 1.807) is 0 Å². The molecule has 0 radical (unpaired) electrons. The monoisotopic (exact) mass is 336 g/mol. The minimum atomic E-state index is -4.47. The molecule has 0 spiro atoms. The first kappa shape index (κ1) is 15.6. The third kappa shape index (κ3) is 3.30. The molecule has 0 bridgehead atoms. The van der Waals surface area contributed by atoms with Crippen LogP contribution >= 0.6 is 10.7 Å². The van der Waals surface area contributed by atoms with Crippen molar-refractivity contribution >= 4 is 37.0 Å². The lowest BCUT2D eigenvalue weighted by Gasteiger charge is -2.07. The highest BCUT2D eigenvalue weighted by Gasteiger charge is 2.40. The molecule has 10 heteroatoms. The fourth-order valence-electron chi connectivity index (χ4n) is 1.89. The zero-order chi connectivity index (χ0) is 15.9. The van der Waals surface area contributed by atoms with Gasteiger partial charge in [0.2, 0.25) is 5.91 Å². The smallest absolute Gasteiger partial charge is 0.294 e. The summed E-state index contributed by atoms with van der Waals surface area (Å²) >= 11 is 0. The summed E-state index contributed by atoms with van der Waals surface area (Å²) in [7, 11) is 0.533. The maximum absolute atomic E-state index is 13.7. The number of halogens is 2. The second kappa shape index (κ2) is 5.23. The molecule has 114 valence electrons. The van der Waals surface area contributed by atoms with Crippen molar-refractivity contribution in [3.05, 3.63) is 28.1 Å². The van der Waals surface area contributed by atoms with Crippen LogP contribution in [0.3, 0.4) is 0 Å². The molecule has 0 saturated heterocycles. The van der Waals surface area contributed by atoms with Gasteiger partial charge in [-0.2, -0.15) is 0 Å². The van der Waals surface area contributed by atoms with Crippen molar-refractivity contribution in [1.82, 2.24) is 0 Å². The first-order valence-electron chi connectivity index (χ1n) is 5.84. The van der Waals surface area contributed by atoms with Crippen LogP contribution in [0.25, 0.3) is 0 Å². The summed E-state index contributed by atoms with van der Waals surface area (Å²) in [5.41, 5.74) is -1.14. The van der Waals surface area contributed by atoms with Crippen molar-refractivity contribution in [3.8, 4) is 0 Å². The summed E-state index contributed by atoms with van der Waals surface area (Å²) < 4.78 is 36.0. The lowest BCUT2D eigenvalue weighted by atomic mass is 10.2. The third-order valence-corrected chi connectivity index (χ3v) is 4.55. The van der Waals surface area contributed by atoms with Gasteiger partial charge in [-0.05, 0) is 12.3 Å². The summed E-state index contributed by atoms with van der Waals surface area (Å²) in [5, 5.41) is 13.2. The first-order chi connectivity index (χ1) is 9.61. The van der Waals surface area contributed by atoms with Gasteiger partial charge in [0.05, 0.1) is 4.92 Å². The van der Waals surface area contributed by atoms with Crippen LogP contribution in [0.1, 0.15) is 13.3 Å². The number of nitro groups is 1. The Kier molecular flexibility index (Phi) is 3.89. The molecule has 2 atom stereocenters. The summed E-state index contributed by atoms with van der Waals surface area (Å²) in [6.45, 7) is 1.84. The maximum atomic E-state index is 13.7. The van der Waals surface area contributed by atoms with Gasteiger partial charge in [0.25, 0.3) is 14.7 Å². The maximum Gasteiger partial charge on any atom is 0.294 e. The largest absolute Gasteiger partial charge is 0.320 e. The molecule has 1 aliphatic rings. The lowest BCUT2D eigenvalue weighted by molar-refractivity contribution is -0.384. The average molecular weight is 337 g/mol. The average Bonchev–Trinajstić information content (AvgIpc) is 3.04. The Morgan fingerprint density at radius 1 is 1.52 bits per heavy atom. The van der Waals surface area contributed by atoms with Gasteiger partial charge in [0.1, 0.15) is 16.4 Å². The third-order valence-electron chi connectivity index (χ3n) is 3.21. The Morgan fingerprint density at radius 3 is 2.52 bits per heavy atom. The molecule has 2 rings (SSSR count). The highest BCUT2D eigenvalue weighted by atomic mass is 35.7. The predicted molar refractivity (Wildman–Crippen MR) is 72.0 cm³/mol. The first-order valence-corrected chi connectivity index (χ1v) is 8.15. The minimum absolute atomic E-state index is 0.163.